The number of ether oxygens (including phenoxy) is 1. The van der Waals surface area contributed by atoms with Gasteiger partial charge in [-0.2, -0.15) is 0 Å². The number of nitrogens with one attached hydrogen (secondary N) is 1. The average Bonchev–Trinajstić information content (AvgIpc) is 2.52. The standard InChI is InChI=1S/C9H10F3NO.C6H13N.C2H6/c1-2-13-7-3-5-8(6-4-7)14-9(10,11)12;1-7-5-3-2-4-6-7;1-2/h3-6,13H,2H2,1H3;2-6H2,1H3;1-2H3. The van der Waals surface area contributed by atoms with Gasteiger partial charge in [-0.05, 0) is 64.2 Å². The van der Waals surface area contributed by atoms with Gasteiger partial charge in [0.25, 0.3) is 0 Å². The molecule has 1 aliphatic heterocycles. The molecular formula is C17H29F3N2O. The van der Waals surface area contributed by atoms with Crippen molar-refractivity contribution in [2.45, 2.75) is 46.4 Å². The lowest BCUT2D eigenvalue weighted by molar-refractivity contribution is -0.274. The molecule has 0 radical (unpaired) electrons. The number of nitrogens with zero attached hydrogens (tertiary/aromatic N) is 1. The maximum atomic E-state index is 11.8. The van der Waals surface area contributed by atoms with Crippen molar-refractivity contribution in [3.8, 4) is 5.75 Å². The number of likely N-dealkylation sites (tertiary alicyclic amines) is 1. The predicted molar refractivity (Wildman–Crippen MR) is 90.0 cm³/mol. The summed E-state index contributed by atoms with van der Waals surface area (Å²) in [5, 5.41) is 2.96. The molecule has 0 aromatic heterocycles. The van der Waals surface area contributed by atoms with Crippen LogP contribution in [0.1, 0.15) is 40.0 Å². The van der Waals surface area contributed by atoms with Gasteiger partial charge in [0, 0.05) is 12.2 Å². The van der Waals surface area contributed by atoms with Gasteiger partial charge < -0.3 is 15.0 Å². The van der Waals surface area contributed by atoms with E-state index < -0.39 is 6.36 Å². The number of piperidine rings is 1. The molecule has 1 aromatic rings. The van der Waals surface area contributed by atoms with Gasteiger partial charge in [-0.15, -0.1) is 13.2 Å². The van der Waals surface area contributed by atoms with Crippen molar-refractivity contribution in [2.24, 2.45) is 0 Å². The second-order valence-electron chi connectivity index (χ2n) is 4.97. The van der Waals surface area contributed by atoms with Crippen LogP contribution >= 0.6 is 0 Å². The van der Waals surface area contributed by atoms with Crippen molar-refractivity contribution >= 4 is 5.69 Å². The maximum Gasteiger partial charge on any atom is 0.573 e. The van der Waals surface area contributed by atoms with Crippen LogP contribution in [0.2, 0.25) is 0 Å². The summed E-state index contributed by atoms with van der Waals surface area (Å²) >= 11 is 0. The summed E-state index contributed by atoms with van der Waals surface area (Å²) in [4.78, 5) is 2.39. The molecule has 0 saturated carbocycles. The molecule has 1 aromatic carbocycles. The van der Waals surface area contributed by atoms with Crippen molar-refractivity contribution in [1.29, 1.82) is 0 Å². The molecule has 1 fully saturated rings. The second kappa shape index (κ2) is 12.0. The number of alkyl halides is 3. The number of benzene rings is 1. The third-order valence-corrected chi connectivity index (χ3v) is 3.05. The Morgan fingerprint density at radius 2 is 1.57 bits per heavy atom. The lowest BCUT2D eigenvalue weighted by Gasteiger charge is -2.20. The SMILES string of the molecule is CC.CCNc1ccc(OC(F)(F)F)cc1.CN1CCCCC1. The fraction of sp³-hybridized carbons (Fsp3) is 0.647. The van der Waals surface area contributed by atoms with Crippen LogP contribution < -0.4 is 10.1 Å². The molecule has 0 amide bonds. The van der Waals surface area contributed by atoms with Crippen LogP contribution in [0.15, 0.2) is 24.3 Å². The van der Waals surface area contributed by atoms with Gasteiger partial charge in [-0.1, -0.05) is 20.3 Å². The number of rotatable bonds is 3. The summed E-state index contributed by atoms with van der Waals surface area (Å²) in [6.45, 7) is 9.26. The van der Waals surface area contributed by atoms with Gasteiger partial charge in [0.2, 0.25) is 0 Å². The molecule has 0 unspecified atom stereocenters. The Kier molecular flexibility index (Phi) is 11.3. The van der Waals surface area contributed by atoms with Gasteiger partial charge >= 0.3 is 6.36 Å². The molecule has 0 spiro atoms. The van der Waals surface area contributed by atoms with E-state index in [1.54, 1.807) is 0 Å². The highest BCUT2D eigenvalue weighted by molar-refractivity contribution is 5.46. The van der Waals surface area contributed by atoms with E-state index in [0.717, 1.165) is 12.2 Å². The van der Waals surface area contributed by atoms with Gasteiger partial charge in [0.05, 0.1) is 0 Å². The summed E-state index contributed by atoms with van der Waals surface area (Å²) in [5.41, 5.74) is 0.766. The topological polar surface area (TPSA) is 24.5 Å². The van der Waals surface area contributed by atoms with E-state index in [1.165, 1.54) is 56.6 Å². The summed E-state index contributed by atoms with van der Waals surface area (Å²) < 4.78 is 39.0. The van der Waals surface area contributed by atoms with Crippen LogP contribution in [0.4, 0.5) is 18.9 Å². The van der Waals surface area contributed by atoms with E-state index in [4.69, 9.17) is 0 Å². The molecule has 0 aliphatic carbocycles. The number of hydrogen-bond acceptors (Lipinski definition) is 3. The van der Waals surface area contributed by atoms with Gasteiger partial charge in [0.15, 0.2) is 0 Å². The van der Waals surface area contributed by atoms with Crippen molar-refractivity contribution < 1.29 is 17.9 Å². The zero-order valence-electron chi connectivity index (χ0n) is 14.5. The van der Waals surface area contributed by atoms with Crippen LogP contribution in [0.5, 0.6) is 5.75 Å². The first kappa shape index (κ1) is 21.6. The smallest absolute Gasteiger partial charge is 0.406 e. The lowest BCUT2D eigenvalue weighted by atomic mass is 10.1. The second-order valence-corrected chi connectivity index (χ2v) is 4.97. The van der Waals surface area contributed by atoms with E-state index in [1.807, 2.05) is 20.8 Å². The van der Waals surface area contributed by atoms with Crippen molar-refractivity contribution in [1.82, 2.24) is 4.90 Å². The van der Waals surface area contributed by atoms with Crippen molar-refractivity contribution in [3.05, 3.63) is 24.3 Å². The monoisotopic (exact) mass is 334 g/mol. The minimum Gasteiger partial charge on any atom is -0.406 e. The molecule has 0 atom stereocenters. The molecule has 3 nitrogen and oxygen atoms in total. The van der Waals surface area contributed by atoms with Crippen LogP contribution in [0.25, 0.3) is 0 Å². The third kappa shape index (κ3) is 11.8. The van der Waals surface area contributed by atoms with Gasteiger partial charge in [0.1, 0.15) is 5.75 Å². The number of halogens is 3. The van der Waals surface area contributed by atoms with E-state index in [9.17, 15) is 13.2 Å². The Balaban J connectivity index is 0.000000449. The first-order valence-electron chi connectivity index (χ1n) is 8.19. The van der Waals surface area contributed by atoms with Crippen LogP contribution in [0, 0.1) is 0 Å². The van der Waals surface area contributed by atoms with Crippen LogP contribution in [-0.4, -0.2) is 37.9 Å². The van der Waals surface area contributed by atoms with Gasteiger partial charge in [-0.3, -0.25) is 0 Å². The lowest BCUT2D eigenvalue weighted by Crippen LogP contribution is -2.24. The highest BCUT2D eigenvalue weighted by Gasteiger charge is 2.30. The quantitative estimate of drug-likeness (QED) is 0.828. The Morgan fingerprint density at radius 1 is 1.04 bits per heavy atom. The Labute approximate surface area is 137 Å². The first-order valence-corrected chi connectivity index (χ1v) is 8.19. The predicted octanol–water partition coefficient (Wildman–Crippen LogP) is 5.15. The molecule has 1 saturated heterocycles. The van der Waals surface area contributed by atoms with Crippen molar-refractivity contribution in [3.63, 3.8) is 0 Å². The van der Waals surface area contributed by atoms with E-state index in [2.05, 4.69) is 22.0 Å². The third-order valence-electron chi connectivity index (χ3n) is 3.05. The minimum absolute atomic E-state index is 0.209. The number of hydrogen-bond donors (Lipinski definition) is 1. The highest BCUT2D eigenvalue weighted by atomic mass is 19.4. The van der Waals surface area contributed by atoms with Crippen molar-refractivity contribution in [2.75, 3.05) is 32.0 Å². The molecule has 2 rings (SSSR count). The summed E-state index contributed by atoms with van der Waals surface area (Å²) in [6.07, 6.45) is -0.350. The molecule has 6 heteroatoms. The molecule has 134 valence electrons. The molecule has 1 N–H and O–H groups in total. The van der Waals surface area contributed by atoms with Crippen LogP contribution in [-0.2, 0) is 0 Å². The van der Waals surface area contributed by atoms with Crippen LogP contribution in [0.3, 0.4) is 0 Å². The summed E-state index contributed by atoms with van der Waals surface area (Å²) in [5.74, 6) is -0.209. The Hall–Kier alpha value is -1.43. The zero-order chi connectivity index (χ0) is 17.7. The molecule has 1 aliphatic rings. The number of anilines is 1. The van der Waals surface area contributed by atoms with E-state index in [0.29, 0.717) is 0 Å². The fourth-order valence-electron chi connectivity index (χ4n) is 2.03. The molecular weight excluding hydrogens is 305 g/mol. The van der Waals surface area contributed by atoms with E-state index >= 15 is 0 Å². The molecule has 23 heavy (non-hydrogen) atoms. The van der Waals surface area contributed by atoms with Gasteiger partial charge in [-0.25, -0.2) is 0 Å². The van der Waals surface area contributed by atoms with E-state index in [-0.39, 0.29) is 5.75 Å². The normalized spacial score (nSPS) is 14.7. The zero-order valence-corrected chi connectivity index (χ0v) is 14.5. The summed E-state index contributed by atoms with van der Waals surface area (Å²) in [6, 6.07) is 5.60. The molecule has 1 heterocycles. The first-order chi connectivity index (χ1) is 10.9. The maximum absolute atomic E-state index is 11.8. The fourth-order valence-corrected chi connectivity index (χ4v) is 2.03. The summed E-state index contributed by atoms with van der Waals surface area (Å²) in [7, 11) is 2.19. The average molecular weight is 334 g/mol. The Morgan fingerprint density at radius 3 is 1.91 bits per heavy atom. The largest absolute Gasteiger partial charge is 0.573 e. The highest BCUT2D eigenvalue weighted by Crippen LogP contribution is 2.23. The Bertz CT molecular complexity index is 388. The minimum atomic E-state index is -4.63. The molecule has 0 bridgehead atoms.